The predicted octanol–water partition coefficient (Wildman–Crippen LogP) is 4.21. The average Bonchev–Trinajstić information content (AvgIpc) is 2.95. The molecule has 0 aliphatic carbocycles. The quantitative estimate of drug-likeness (QED) is 0.862. The van der Waals surface area contributed by atoms with Gasteiger partial charge in [0.25, 0.3) is 0 Å². The monoisotopic (exact) mass is 285 g/mol. The Morgan fingerprint density at radius 1 is 1.14 bits per heavy atom. The first-order valence-corrected chi connectivity index (χ1v) is 7.73. The van der Waals surface area contributed by atoms with Crippen molar-refractivity contribution in [2.75, 3.05) is 6.54 Å². The van der Waals surface area contributed by atoms with Crippen molar-refractivity contribution in [1.82, 2.24) is 15.1 Å². The van der Waals surface area contributed by atoms with E-state index in [2.05, 4.69) is 63.4 Å². The summed E-state index contributed by atoms with van der Waals surface area (Å²) in [4.78, 5) is 0. The van der Waals surface area contributed by atoms with Crippen molar-refractivity contribution in [1.29, 1.82) is 0 Å². The molecule has 1 unspecified atom stereocenters. The van der Waals surface area contributed by atoms with Crippen LogP contribution in [0.2, 0.25) is 0 Å². The number of nitrogens with zero attached hydrogens (tertiary/aromatic N) is 2. The zero-order valence-electron chi connectivity index (χ0n) is 13.8. The molecule has 0 bridgehead atoms. The van der Waals surface area contributed by atoms with Gasteiger partial charge in [0.1, 0.15) is 0 Å². The standard InChI is InChI=1S/C18H27N3/c1-14(2)18(4,5)13-19-15(3)16-11-20-21(12-16)17-9-7-6-8-10-17/h6-12,14-15,19H,13H2,1-5H3. The summed E-state index contributed by atoms with van der Waals surface area (Å²) >= 11 is 0. The van der Waals surface area contributed by atoms with Crippen LogP contribution in [0.4, 0.5) is 0 Å². The Morgan fingerprint density at radius 2 is 1.81 bits per heavy atom. The highest BCUT2D eigenvalue weighted by Gasteiger charge is 2.23. The summed E-state index contributed by atoms with van der Waals surface area (Å²) in [7, 11) is 0. The minimum Gasteiger partial charge on any atom is -0.310 e. The summed E-state index contributed by atoms with van der Waals surface area (Å²) < 4.78 is 1.93. The molecule has 2 aromatic rings. The zero-order chi connectivity index (χ0) is 15.5. The Bertz CT molecular complexity index is 555. The highest BCUT2D eigenvalue weighted by atomic mass is 15.3. The lowest BCUT2D eigenvalue weighted by molar-refractivity contribution is 0.230. The maximum absolute atomic E-state index is 4.46. The molecule has 1 atom stereocenters. The Hall–Kier alpha value is -1.61. The van der Waals surface area contributed by atoms with Gasteiger partial charge in [0.15, 0.2) is 0 Å². The molecule has 0 fully saturated rings. The van der Waals surface area contributed by atoms with E-state index in [-0.39, 0.29) is 0 Å². The van der Waals surface area contributed by atoms with E-state index >= 15 is 0 Å². The van der Waals surface area contributed by atoms with Crippen molar-refractivity contribution in [2.24, 2.45) is 11.3 Å². The molecule has 2 rings (SSSR count). The molecule has 0 saturated carbocycles. The van der Waals surface area contributed by atoms with E-state index in [4.69, 9.17) is 0 Å². The number of hydrogen-bond acceptors (Lipinski definition) is 2. The van der Waals surface area contributed by atoms with Crippen LogP contribution in [0.5, 0.6) is 0 Å². The fraction of sp³-hybridized carbons (Fsp3) is 0.500. The van der Waals surface area contributed by atoms with Crippen LogP contribution in [-0.4, -0.2) is 16.3 Å². The van der Waals surface area contributed by atoms with Crippen LogP contribution in [0.15, 0.2) is 42.7 Å². The Kier molecular flexibility index (Phi) is 4.84. The van der Waals surface area contributed by atoms with E-state index in [9.17, 15) is 0 Å². The summed E-state index contributed by atoms with van der Waals surface area (Å²) in [6.07, 6.45) is 4.06. The summed E-state index contributed by atoms with van der Waals surface area (Å²) in [6.45, 7) is 12.4. The second kappa shape index (κ2) is 6.44. The van der Waals surface area contributed by atoms with Crippen molar-refractivity contribution in [2.45, 2.75) is 40.7 Å². The van der Waals surface area contributed by atoms with Crippen molar-refractivity contribution in [3.8, 4) is 5.69 Å². The van der Waals surface area contributed by atoms with E-state index in [1.807, 2.05) is 29.1 Å². The van der Waals surface area contributed by atoms with Crippen molar-refractivity contribution in [3.05, 3.63) is 48.3 Å². The number of hydrogen-bond donors (Lipinski definition) is 1. The van der Waals surface area contributed by atoms with Gasteiger partial charge in [-0.2, -0.15) is 5.10 Å². The van der Waals surface area contributed by atoms with Crippen LogP contribution in [0.25, 0.3) is 5.69 Å². The number of benzene rings is 1. The average molecular weight is 285 g/mol. The van der Waals surface area contributed by atoms with Crippen LogP contribution in [0.3, 0.4) is 0 Å². The van der Waals surface area contributed by atoms with Crippen LogP contribution >= 0.6 is 0 Å². The number of rotatable bonds is 6. The first-order valence-electron chi connectivity index (χ1n) is 7.73. The molecule has 114 valence electrons. The van der Waals surface area contributed by atoms with E-state index in [0.29, 0.717) is 17.4 Å². The molecule has 3 nitrogen and oxygen atoms in total. The normalized spacial score (nSPS) is 13.6. The summed E-state index contributed by atoms with van der Waals surface area (Å²) in [6, 6.07) is 10.5. The molecule has 1 aromatic carbocycles. The van der Waals surface area contributed by atoms with Gasteiger partial charge in [0, 0.05) is 24.3 Å². The van der Waals surface area contributed by atoms with E-state index in [0.717, 1.165) is 12.2 Å². The topological polar surface area (TPSA) is 29.9 Å². The molecule has 0 aliphatic rings. The van der Waals surface area contributed by atoms with Gasteiger partial charge in [0.05, 0.1) is 11.9 Å². The third-order valence-electron chi connectivity index (χ3n) is 4.55. The minimum absolute atomic E-state index is 0.295. The predicted molar refractivity (Wildman–Crippen MR) is 88.6 cm³/mol. The molecular weight excluding hydrogens is 258 g/mol. The SMILES string of the molecule is CC(NCC(C)(C)C(C)C)c1cnn(-c2ccccc2)c1. The number of para-hydroxylation sites is 1. The van der Waals surface area contributed by atoms with Crippen LogP contribution in [-0.2, 0) is 0 Å². The molecule has 1 heterocycles. The fourth-order valence-corrected chi connectivity index (χ4v) is 2.02. The van der Waals surface area contributed by atoms with Gasteiger partial charge >= 0.3 is 0 Å². The van der Waals surface area contributed by atoms with Gasteiger partial charge in [-0.3, -0.25) is 0 Å². The van der Waals surface area contributed by atoms with Crippen molar-refractivity contribution >= 4 is 0 Å². The van der Waals surface area contributed by atoms with E-state index in [1.54, 1.807) is 0 Å². The van der Waals surface area contributed by atoms with Gasteiger partial charge in [-0.25, -0.2) is 4.68 Å². The first-order chi connectivity index (χ1) is 9.90. The second-order valence-corrected chi connectivity index (χ2v) is 6.80. The van der Waals surface area contributed by atoms with Crippen LogP contribution < -0.4 is 5.32 Å². The van der Waals surface area contributed by atoms with E-state index in [1.165, 1.54) is 5.56 Å². The molecule has 1 N–H and O–H groups in total. The number of aromatic nitrogens is 2. The molecule has 1 aromatic heterocycles. The zero-order valence-corrected chi connectivity index (χ0v) is 13.8. The van der Waals surface area contributed by atoms with Gasteiger partial charge < -0.3 is 5.32 Å². The third kappa shape index (κ3) is 3.94. The molecule has 0 amide bonds. The fourth-order valence-electron chi connectivity index (χ4n) is 2.02. The Morgan fingerprint density at radius 3 is 2.43 bits per heavy atom. The van der Waals surface area contributed by atoms with Gasteiger partial charge in [-0.15, -0.1) is 0 Å². The maximum atomic E-state index is 4.46. The van der Waals surface area contributed by atoms with Crippen molar-refractivity contribution in [3.63, 3.8) is 0 Å². The van der Waals surface area contributed by atoms with Gasteiger partial charge in [-0.05, 0) is 30.4 Å². The molecule has 0 spiro atoms. The molecular formula is C18H27N3. The molecule has 21 heavy (non-hydrogen) atoms. The number of nitrogens with one attached hydrogen (secondary N) is 1. The van der Waals surface area contributed by atoms with Gasteiger partial charge in [-0.1, -0.05) is 45.9 Å². The largest absolute Gasteiger partial charge is 0.310 e. The summed E-state index contributed by atoms with van der Waals surface area (Å²) in [5.74, 6) is 0.657. The van der Waals surface area contributed by atoms with E-state index < -0.39 is 0 Å². The van der Waals surface area contributed by atoms with Crippen LogP contribution in [0.1, 0.15) is 46.2 Å². The molecule has 0 saturated heterocycles. The maximum Gasteiger partial charge on any atom is 0.0645 e. The molecule has 0 aliphatic heterocycles. The highest BCUT2D eigenvalue weighted by molar-refractivity contribution is 5.31. The lowest BCUT2D eigenvalue weighted by Gasteiger charge is -2.31. The second-order valence-electron chi connectivity index (χ2n) is 6.80. The summed E-state index contributed by atoms with van der Waals surface area (Å²) in [5, 5.41) is 8.10. The highest BCUT2D eigenvalue weighted by Crippen LogP contribution is 2.26. The van der Waals surface area contributed by atoms with Crippen molar-refractivity contribution < 1.29 is 0 Å². The minimum atomic E-state index is 0.295. The Labute approximate surface area is 128 Å². The molecule has 3 heteroatoms. The van der Waals surface area contributed by atoms with Gasteiger partial charge in [0.2, 0.25) is 0 Å². The summed E-state index contributed by atoms with van der Waals surface area (Å²) in [5.41, 5.74) is 2.61. The third-order valence-corrected chi connectivity index (χ3v) is 4.55. The lowest BCUT2D eigenvalue weighted by atomic mass is 9.81. The Balaban J connectivity index is 2.01. The smallest absolute Gasteiger partial charge is 0.0645 e. The first kappa shape index (κ1) is 15.8. The molecule has 0 radical (unpaired) electrons. The van der Waals surface area contributed by atoms with Crippen LogP contribution in [0, 0.1) is 11.3 Å². The lowest BCUT2D eigenvalue weighted by Crippen LogP contribution is -2.34.